The summed E-state index contributed by atoms with van der Waals surface area (Å²) < 4.78 is 19.4. The average molecular weight is 662 g/mol. The Morgan fingerprint density at radius 1 is 0.373 bits per heavy atom. The summed E-state index contributed by atoms with van der Waals surface area (Å²) in [5.74, 6) is 0. The maximum atomic E-state index is 6.72. The number of hydrogen-bond acceptors (Lipinski definition) is 6. The van der Waals surface area contributed by atoms with Crippen LogP contribution in [0.2, 0.25) is 0 Å². The van der Waals surface area contributed by atoms with Gasteiger partial charge in [0.05, 0.1) is 18.5 Å². The van der Waals surface area contributed by atoms with E-state index in [2.05, 4.69) is 131 Å². The maximum absolute atomic E-state index is 6.72. The zero-order valence-corrected chi connectivity index (χ0v) is 27.4. The first-order chi connectivity index (χ1) is 25.3. The third kappa shape index (κ3) is 4.48. The molecule has 7 aromatic carbocycles. The van der Waals surface area contributed by atoms with Crippen LogP contribution in [-0.2, 0) is 0 Å². The topological polar surface area (TPSA) is 75.5 Å². The van der Waals surface area contributed by atoms with E-state index >= 15 is 0 Å². The van der Waals surface area contributed by atoms with Gasteiger partial charge in [-0.1, -0.05) is 121 Å². The highest BCUT2D eigenvalue weighted by Gasteiger charge is 2.33. The molecule has 10 aromatic rings. The molecule has 3 aromatic heterocycles. The quantitative estimate of drug-likeness (QED) is 0.174. The predicted molar refractivity (Wildman–Crippen MR) is 204 cm³/mol. The van der Waals surface area contributed by atoms with Gasteiger partial charge in [-0.25, -0.2) is 0 Å². The van der Waals surface area contributed by atoms with E-state index in [4.69, 9.17) is 13.3 Å². The van der Waals surface area contributed by atoms with Gasteiger partial charge in [0.15, 0.2) is 0 Å². The molecule has 3 unspecified atom stereocenters. The number of hydrogen-bond donors (Lipinski definition) is 3. The maximum Gasteiger partial charge on any atom is 0.141 e. The summed E-state index contributed by atoms with van der Waals surface area (Å²) in [6, 6.07) is 52.6. The average Bonchev–Trinajstić information content (AvgIpc) is 3.89. The number of para-hydroxylation sites is 4. The molecule has 4 heterocycles. The van der Waals surface area contributed by atoms with Crippen molar-refractivity contribution in [3.63, 3.8) is 0 Å². The minimum Gasteiger partial charge on any atom is -0.456 e. The minimum atomic E-state index is -0.240. The van der Waals surface area contributed by atoms with Crippen LogP contribution in [0.25, 0.3) is 76.9 Å². The Kier molecular flexibility index (Phi) is 6.27. The second-order valence-corrected chi connectivity index (χ2v) is 13.3. The van der Waals surface area contributed by atoms with Crippen molar-refractivity contribution < 1.29 is 13.3 Å². The van der Waals surface area contributed by atoms with Crippen molar-refractivity contribution in [1.29, 1.82) is 0 Å². The van der Waals surface area contributed by atoms with Crippen molar-refractivity contribution >= 4 is 65.8 Å². The van der Waals surface area contributed by atoms with Gasteiger partial charge in [-0.15, -0.1) is 0 Å². The molecule has 1 aliphatic rings. The molecule has 3 atom stereocenters. The molecule has 0 bridgehead atoms. The van der Waals surface area contributed by atoms with E-state index in [0.29, 0.717) is 0 Å². The number of nitrogens with one attached hydrogen (secondary N) is 3. The fourth-order valence-corrected chi connectivity index (χ4v) is 8.07. The van der Waals surface area contributed by atoms with E-state index in [-0.39, 0.29) is 18.5 Å². The molecular weight excluding hydrogens is 631 g/mol. The molecule has 11 rings (SSSR count). The normalized spacial score (nSPS) is 18.2. The molecular formula is C45H31N3O3. The fraction of sp³-hybridized carbons (Fsp3) is 0.0667. The molecule has 0 aliphatic carbocycles. The Balaban J connectivity index is 1.04. The van der Waals surface area contributed by atoms with Crippen molar-refractivity contribution in [2.45, 2.75) is 18.5 Å². The van der Waals surface area contributed by atoms with E-state index < -0.39 is 0 Å². The van der Waals surface area contributed by atoms with Crippen LogP contribution in [0.4, 0.5) is 0 Å². The smallest absolute Gasteiger partial charge is 0.141 e. The van der Waals surface area contributed by atoms with E-state index in [1.54, 1.807) is 0 Å². The third-order valence-electron chi connectivity index (χ3n) is 10.4. The molecule has 0 radical (unpaired) electrons. The lowest BCUT2D eigenvalue weighted by Crippen LogP contribution is -2.54. The Hall–Kier alpha value is -6.18. The van der Waals surface area contributed by atoms with E-state index in [0.717, 1.165) is 93.6 Å². The van der Waals surface area contributed by atoms with Gasteiger partial charge < -0.3 is 13.3 Å². The zero-order chi connectivity index (χ0) is 33.5. The molecule has 51 heavy (non-hydrogen) atoms. The number of fused-ring (bicyclic) bond motifs is 9. The molecule has 3 N–H and O–H groups in total. The lowest BCUT2D eigenvalue weighted by Gasteiger charge is -2.39. The van der Waals surface area contributed by atoms with Crippen molar-refractivity contribution in [3.8, 4) is 11.1 Å². The Morgan fingerprint density at radius 2 is 0.922 bits per heavy atom. The molecule has 6 nitrogen and oxygen atoms in total. The Labute approximate surface area is 292 Å². The van der Waals surface area contributed by atoms with Gasteiger partial charge >= 0.3 is 0 Å². The van der Waals surface area contributed by atoms with Crippen LogP contribution in [0.1, 0.15) is 35.2 Å². The summed E-state index contributed by atoms with van der Waals surface area (Å²) in [5.41, 5.74) is 10.7. The summed E-state index contributed by atoms with van der Waals surface area (Å²) in [7, 11) is 0. The largest absolute Gasteiger partial charge is 0.456 e. The summed E-state index contributed by atoms with van der Waals surface area (Å²) in [4.78, 5) is 0. The van der Waals surface area contributed by atoms with Crippen LogP contribution in [-0.4, -0.2) is 0 Å². The van der Waals surface area contributed by atoms with Gasteiger partial charge in [0.1, 0.15) is 33.5 Å². The molecule has 0 saturated carbocycles. The number of rotatable bonds is 4. The van der Waals surface area contributed by atoms with E-state index in [1.807, 2.05) is 36.4 Å². The van der Waals surface area contributed by atoms with Crippen molar-refractivity contribution in [1.82, 2.24) is 16.0 Å². The predicted octanol–water partition coefficient (Wildman–Crippen LogP) is 11.2. The fourth-order valence-electron chi connectivity index (χ4n) is 8.07. The molecule has 6 heteroatoms. The van der Waals surface area contributed by atoms with Gasteiger partial charge in [-0.05, 0) is 47.0 Å². The second kappa shape index (κ2) is 11.2. The van der Waals surface area contributed by atoms with Crippen LogP contribution < -0.4 is 16.0 Å². The monoisotopic (exact) mass is 661 g/mol. The van der Waals surface area contributed by atoms with Crippen molar-refractivity contribution in [3.05, 3.63) is 168 Å². The molecule has 1 aliphatic heterocycles. The first-order valence-corrected chi connectivity index (χ1v) is 17.4. The molecule has 1 fully saturated rings. The van der Waals surface area contributed by atoms with E-state index in [1.165, 1.54) is 0 Å². The van der Waals surface area contributed by atoms with Gasteiger partial charge in [-0.3, -0.25) is 16.0 Å². The standard InChI is InChI=1S/C45H31N3O3/c1-2-11-26(12-3-1)43-46-44(33-18-8-16-30-29-13-4-6-20-36(29)50-41(30)33)48-45(47-43)34-19-9-17-31-35-25-27(23-24-38(35)51-42(31)34)28-15-10-22-39-40(28)32-14-5-7-21-37(32)49-39/h1-25,43-48H. The lowest BCUT2D eigenvalue weighted by atomic mass is 9.97. The van der Waals surface area contributed by atoms with Crippen LogP contribution in [0, 0.1) is 0 Å². The first kappa shape index (κ1) is 28.6. The van der Waals surface area contributed by atoms with Gasteiger partial charge in [0.25, 0.3) is 0 Å². The van der Waals surface area contributed by atoms with Gasteiger partial charge in [0, 0.05) is 43.4 Å². The Morgan fingerprint density at radius 3 is 1.67 bits per heavy atom. The van der Waals surface area contributed by atoms with Gasteiger partial charge in [-0.2, -0.15) is 0 Å². The van der Waals surface area contributed by atoms with Crippen LogP contribution >= 0.6 is 0 Å². The first-order valence-electron chi connectivity index (χ1n) is 17.4. The lowest BCUT2D eigenvalue weighted by molar-refractivity contribution is 0.203. The molecule has 0 spiro atoms. The Bertz CT molecular complexity index is 2940. The third-order valence-corrected chi connectivity index (χ3v) is 10.4. The van der Waals surface area contributed by atoms with E-state index in [9.17, 15) is 0 Å². The van der Waals surface area contributed by atoms with Crippen LogP contribution in [0.5, 0.6) is 0 Å². The summed E-state index contributed by atoms with van der Waals surface area (Å²) in [6.45, 7) is 0. The van der Waals surface area contributed by atoms with Gasteiger partial charge in [0.2, 0.25) is 0 Å². The van der Waals surface area contributed by atoms with Crippen LogP contribution in [0.15, 0.2) is 165 Å². The highest BCUT2D eigenvalue weighted by atomic mass is 16.3. The molecule has 244 valence electrons. The zero-order valence-electron chi connectivity index (χ0n) is 27.4. The molecule has 1 saturated heterocycles. The van der Waals surface area contributed by atoms with Crippen molar-refractivity contribution in [2.75, 3.05) is 0 Å². The van der Waals surface area contributed by atoms with Crippen molar-refractivity contribution in [2.24, 2.45) is 0 Å². The highest BCUT2D eigenvalue weighted by molar-refractivity contribution is 6.14. The molecule has 0 amide bonds. The summed E-state index contributed by atoms with van der Waals surface area (Å²) in [5, 5.41) is 18.2. The second-order valence-electron chi connectivity index (χ2n) is 13.3. The van der Waals surface area contributed by atoms with Crippen LogP contribution in [0.3, 0.4) is 0 Å². The summed E-state index contributed by atoms with van der Waals surface area (Å²) >= 11 is 0. The number of benzene rings is 7. The SMILES string of the molecule is c1ccc(C2NC(c3cccc4c3oc3ccccc34)NC(c3cccc4c3oc3ccc(-c5cccc6oc7ccccc7c56)cc34)N2)cc1. The minimum absolute atomic E-state index is 0.140. The highest BCUT2D eigenvalue weighted by Crippen LogP contribution is 2.41. The number of furan rings is 3. The summed E-state index contributed by atoms with van der Waals surface area (Å²) in [6.07, 6.45) is -0.600.